The molecule has 0 aliphatic carbocycles. The summed E-state index contributed by atoms with van der Waals surface area (Å²) in [7, 11) is 0. The van der Waals surface area contributed by atoms with Gasteiger partial charge in [0.15, 0.2) is 5.54 Å². The molecule has 3 rings (SSSR count). The van der Waals surface area contributed by atoms with Crippen LogP contribution in [0.2, 0.25) is 0 Å². The third-order valence-electron chi connectivity index (χ3n) is 4.16. The average molecular weight is 306 g/mol. The molecule has 1 heterocycles. The second-order valence-electron chi connectivity index (χ2n) is 5.67. The van der Waals surface area contributed by atoms with Crippen LogP contribution in [0, 0.1) is 18.3 Å². The van der Waals surface area contributed by atoms with Gasteiger partial charge >= 0.3 is 0 Å². The van der Waals surface area contributed by atoms with Crippen molar-refractivity contribution in [1.29, 1.82) is 5.26 Å². The Kier molecular flexibility index (Phi) is 3.79. The summed E-state index contributed by atoms with van der Waals surface area (Å²) in [6, 6.07) is 17.4. The molecule has 1 atom stereocenters. The van der Waals surface area contributed by atoms with Gasteiger partial charge in [-0.1, -0.05) is 29.8 Å². The number of carbonyl (C=O) groups is 1. The molecule has 4 heteroatoms. The van der Waals surface area contributed by atoms with Crippen LogP contribution in [0.1, 0.15) is 24.5 Å². The summed E-state index contributed by atoms with van der Waals surface area (Å²) < 4.78 is 5.44. The summed E-state index contributed by atoms with van der Waals surface area (Å²) in [4.78, 5) is 13.8. The number of aryl methyl sites for hydroxylation is 1. The fourth-order valence-electron chi connectivity index (χ4n) is 2.94. The zero-order valence-corrected chi connectivity index (χ0v) is 13.2. The van der Waals surface area contributed by atoms with Crippen LogP contribution in [0.3, 0.4) is 0 Å². The van der Waals surface area contributed by atoms with Crippen LogP contribution in [0.5, 0.6) is 5.75 Å². The van der Waals surface area contributed by atoms with Crippen LogP contribution in [0.15, 0.2) is 48.5 Å². The largest absolute Gasteiger partial charge is 0.494 e. The van der Waals surface area contributed by atoms with E-state index in [-0.39, 0.29) is 12.3 Å². The van der Waals surface area contributed by atoms with Gasteiger partial charge in [-0.15, -0.1) is 0 Å². The van der Waals surface area contributed by atoms with E-state index in [4.69, 9.17) is 4.74 Å². The molecule has 4 nitrogen and oxygen atoms in total. The molecule has 1 saturated heterocycles. The predicted molar refractivity (Wildman–Crippen MR) is 88.2 cm³/mol. The molecule has 0 saturated carbocycles. The Morgan fingerprint density at radius 1 is 1.17 bits per heavy atom. The number of amides is 1. The smallest absolute Gasteiger partial charge is 0.232 e. The first-order chi connectivity index (χ1) is 11.1. The van der Waals surface area contributed by atoms with Gasteiger partial charge in [-0.05, 0) is 43.7 Å². The Hall–Kier alpha value is -2.80. The van der Waals surface area contributed by atoms with Crippen molar-refractivity contribution in [2.75, 3.05) is 11.5 Å². The minimum absolute atomic E-state index is 0.0377. The minimum atomic E-state index is -0.933. The van der Waals surface area contributed by atoms with Gasteiger partial charge in [-0.3, -0.25) is 9.69 Å². The molecular weight excluding hydrogens is 288 g/mol. The first-order valence-electron chi connectivity index (χ1n) is 7.65. The summed E-state index contributed by atoms with van der Waals surface area (Å²) in [5.74, 6) is 0.723. The number of ether oxygens (including phenoxy) is 1. The maximum atomic E-state index is 12.2. The molecule has 1 aliphatic heterocycles. The molecule has 0 spiro atoms. The molecule has 116 valence electrons. The van der Waals surface area contributed by atoms with E-state index in [1.165, 1.54) is 0 Å². The Morgan fingerprint density at radius 3 is 2.35 bits per heavy atom. The highest BCUT2D eigenvalue weighted by Gasteiger charge is 2.53. The van der Waals surface area contributed by atoms with Crippen molar-refractivity contribution < 1.29 is 9.53 Å². The van der Waals surface area contributed by atoms with Crippen LogP contribution in [0.25, 0.3) is 0 Å². The number of rotatable bonds is 4. The number of anilines is 1. The molecule has 1 unspecified atom stereocenters. The normalized spacial score (nSPS) is 19.9. The van der Waals surface area contributed by atoms with Gasteiger partial charge in [-0.2, -0.15) is 5.26 Å². The van der Waals surface area contributed by atoms with Gasteiger partial charge in [0.2, 0.25) is 5.91 Å². The quantitative estimate of drug-likeness (QED) is 0.812. The fraction of sp³-hybridized carbons (Fsp3) is 0.263. The third kappa shape index (κ3) is 2.44. The van der Waals surface area contributed by atoms with E-state index in [0.717, 1.165) is 22.6 Å². The van der Waals surface area contributed by atoms with Crippen LogP contribution in [-0.2, 0) is 10.3 Å². The maximum Gasteiger partial charge on any atom is 0.232 e. The van der Waals surface area contributed by atoms with Crippen LogP contribution < -0.4 is 9.64 Å². The van der Waals surface area contributed by atoms with E-state index in [9.17, 15) is 10.1 Å². The maximum absolute atomic E-state index is 12.2. The van der Waals surface area contributed by atoms with Gasteiger partial charge in [-0.25, -0.2) is 0 Å². The van der Waals surface area contributed by atoms with Gasteiger partial charge in [0, 0.05) is 5.69 Å². The SMILES string of the molecule is CCOc1ccc(C2(C#N)CC(=O)N2c2ccc(C)cc2)cc1. The Balaban J connectivity index is 1.98. The molecule has 23 heavy (non-hydrogen) atoms. The molecule has 1 aliphatic rings. The Labute approximate surface area is 135 Å². The van der Waals surface area contributed by atoms with Gasteiger partial charge in [0.05, 0.1) is 19.1 Å². The molecule has 0 bridgehead atoms. The van der Waals surface area contributed by atoms with E-state index in [2.05, 4.69) is 6.07 Å². The summed E-state index contributed by atoms with van der Waals surface area (Å²) in [6.07, 6.45) is 0.200. The van der Waals surface area contributed by atoms with E-state index < -0.39 is 5.54 Å². The lowest BCUT2D eigenvalue weighted by molar-refractivity contribution is -0.126. The number of hydrogen-bond donors (Lipinski definition) is 0. The van der Waals surface area contributed by atoms with E-state index in [0.29, 0.717) is 6.61 Å². The summed E-state index contributed by atoms with van der Waals surface area (Å²) in [5, 5.41) is 9.79. The average Bonchev–Trinajstić information content (AvgIpc) is 2.55. The Morgan fingerprint density at radius 2 is 1.83 bits per heavy atom. The molecule has 2 aromatic carbocycles. The number of carbonyl (C=O) groups excluding carboxylic acids is 1. The van der Waals surface area contributed by atoms with Crippen LogP contribution in [-0.4, -0.2) is 12.5 Å². The minimum Gasteiger partial charge on any atom is -0.494 e. The molecule has 1 fully saturated rings. The lowest BCUT2D eigenvalue weighted by Crippen LogP contribution is -2.61. The molecule has 2 aromatic rings. The standard InChI is InChI=1S/C19H18N2O2/c1-3-23-17-10-6-15(7-11-17)19(13-20)12-18(22)21(19)16-8-4-14(2)5-9-16/h4-11H,3,12H2,1-2H3. The van der Waals surface area contributed by atoms with Crippen molar-refractivity contribution in [3.63, 3.8) is 0 Å². The molecule has 0 radical (unpaired) electrons. The van der Waals surface area contributed by atoms with Crippen molar-refractivity contribution in [2.45, 2.75) is 25.8 Å². The van der Waals surface area contributed by atoms with Crippen molar-refractivity contribution in [3.8, 4) is 11.8 Å². The molecule has 1 amide bonds. The van der Waals surface area contributed by atoms with Gasteiger partial charge in [0.1, 0.15) is 5.75 Å². The molecular formula is C19H18N2O2. The number of nitrogens with zero attached hydrogens (tertiary/aromatic N) is 2. The first-order valence-corrected chi connectivity index (χ1v) is 7.65. The van der Waals surface area contributed by atoms with Crippen molar-refractivity contribution in [2.24, 2.45) is 0 Å². The monoisotopic (exact) mass is 306 g/mol. The highest BCUT2D eigenvalue weighted by Crippen LogP contribution is 2.44. The second kappa shape index (κ2) is 5.77. The van der Waals surface area contributed by atoms with E-state index >= 15 is 0 Å². The zero-order chi connectivity index (χ0) is 16.4. The van der Waals surface area contributed by atoms with E-state index in [1.807, 2.05) is 62.4 Å². The van der Waals surface area contributed by atoms with E-state index in [1.54, 1.807) is 4.90 Å². The number of β-lactam (4-membered cyclic amide) rings is 1. The summed E-state index contributed by atoms with van der Waals surface area (Å²) in [6.45, 7) is 4.51. The second-order valence-corrected chi connectivity index (χ2v) is 5.67. The van der Waals surface area contributed by atoms with Crippen molar-refractivity contribution >= 4 is 11.6 Å². The summed E-state index contributed by atoms with van der Waals surface area (Å²) in [5.41, 5.74) is 1.74. The lowest BCUT2D eigenvalue weighted by Gasteiger charge is -2.47. The zero-order valence-electron chi connectivity index (χ0n) is 13.2. The molecule has 0 aromatic heterocycles. The van der Waals surface area contributed by atoms with Crippen LogP contribution >= 0.6 is 0 Å². The van der Waals surface area contributed by atoms with Gasteiger partial charge < -0.3 is 4.74 Å². The Bertz CT molecular complexity index is 759. The number of hydrogen-bond acceptors (Lipinski definition) is 3. The fourth-order valence-corrected chi connectivity index (χ4v) is 2.94. The van der Waals surface area contributed by atoms with Crippen molar-refractivity contribution in [3.05, 3.63) is 59.7 Å². The highest BCUT2D eigenvalue weighted by atomic mass is 16.5. The van der Waals surface area contributed by atoms with Gasteiger partial charge in [0.25, 0.3) is 0 Å². The first kappa shape index (κ1) is 15.1. The number of benzene rings is 2. The summed E-state index contributed by atoms with van der Waals surface area (Å²) >= 11 is 0. The highest BCUT2D eigenvalue weighted by molar-refractivity contribution is 6.04. The third-order valence-corrected chi connectivity index (χ3v) is 4.16. The number of nitriles is 1. The lowest BCUT2D eigenvalue weighted by atomic mass is 9.78. The van der Waals surface area contributed by atoms with Crippen molar-refractivity contribution in [1.82, 2.24) is 0 Å². The molecule has 0 N–H and O–H groups in total. The topological polar surface area (TPSA) is 53.3 Å². The predicted octanol–water partition coefficient (Wildman–Crippen LogP) is 3.55. The van der Waals surface area contributed by atoms with Crippen LogP contribution in [0.4, 0.5) is 5.69 Å².